The number of nitrogens with zero attached hydrogens (tertiary/aromatic N) is 2. The molecule has 1 aromatic carbocycles. The van der Waals surface area contributed by atoms with Gasteiger partial charge in [0.25, 0.3) is 5.89 Å². The monoisotopic (exact) mass is 234 g/mol. The fourth-order valence-corrected chi connectivity index (χ4v) is 1.43. The van der Waals surface area contributed by atoms with Crippen molar-refractivity contribution >= 4 is 0 Å². The van der Waals surface area contributed by atoms with Crippen LogP contribution in [0.1, 0.15) is 30.3 Å². The highest BCUT2D eigenvalue weighted by Gasteiger charge is 2.11. The molecule has 0 aliphatic carbocycles. The Kier molecular flexibility index (Phi) is 3.39. The summed E-state index contributed by atoms with van der Waals surface area (Å²) >= 11 is 0. The summed E-state index contributed by atoms with van der Waals surface area (Å²) < 4.78 is 9.98. The molecule has 2 aromatic rings. The van der Waals surface area contributed by atoms with E-state index in [2.05, 4.69) is 10.1 Å². The normalized spacial score (nSPS) is 12.4. The lowest BCUT2D eigenvalue weighted by Gasteiger charge is -2.00. The summed E-state index contributed by atoms with van der Waals surface area (Å²) in [6, 6.07) is 7.64. The number of aliphatic hydroxyl groups excluding tert-OH is 1. The first-order chi connectivity index (χ1) is 8.19. The van der Waals surface area contributed by atoms with Crippen molar-refractivity contribution in [2.45, 2.75) is 19.4 Å². The number of methoxy groups -OCH3 is 1. The SMILES string of the molecule is COc1ccc(Cc2noc([C@H](C)O)n2)cc1. The topological polar surface area (TPSA) is 68.4 Å². The van der Waals surface area contributed by atoms with E-state index in [0.29, 0.717) is 12.2 Å². The highest BCUT2D eigenvalue weighted by molar-refractivity contribution is 5.28. The van der Waals surface area contributed by atoms with E-state index in [1.807, 2.05) is 24.3 Å². The Bertz CT molecular complexity index is 477. The highest BCUT2D eigenvalue weighted by atomic mass is 16.5. The Labute approximate surface area is 99.0 Å². The molecular weight excluding hydrogens is 220 g/mol. The van der Waals surface area contributed by atoms with Gasteiger partial charge in [-0.3, -0.25) is 0 Å². The van der Waals surface area contributed by atoms with Crippen molar-refractivity contribution in [3.63, 3.8) is 0 Å². The smallest absolute Gasteiger partial charge is 0.255 e. The molecule has 5 nitrogen and oxygen atoms in total. The largest absolute Gasteiger partial charge is 0.497 e. The van der Waals surface area contributed by atoms with Crippen molar-refractivity contribution in [2.24, 2.45) is 0 Å². The first-order valence-corrected chi connectivity index (χ1v) is 5.32. The second kappa shape index (κ2) is 4.97. The van der Waals surface area contributed by atoms with Crippen LogP contribution in [0.3, 0.4) is 0 Å². The maximum atomic E-state index is 9.26. The van der Waals surface area contributed by atoms with Crippen LogP contribution < -0.4 is 4.74 Å². The number of benzene rings is 1. The second-order valence-electron chi connectivity index (χ2n) is 3.75. The fraction of sp³-hybridized carbons (Fsp3) is 0.333. The zero-order valence-corrected chi connectivity index (χ0v) is 9.75. The molecule has 0 spiro atoms. The summed E-state index contributed by atoms with van der Waals surface area (Å²) in [5, 5.41) is 13.1. The zero-order chi connectivity index (χ0) is 12.3. The molecule has 0 unspecified atom stereocenters. The minimum atomic E-state index is -0.730. The van der Waals surface area contributed by atoms with Gasteiger partial charge in [-0.2, -0.15) is 4.98 Å². The first-order valence-electron chi connectivity index (χ1n) is 5.32. The molecule has 2 rings (SSSR count). The number of hydrogen-bond donors (Lipinski definition) is 1. The van der Waals surface area contributed by atoms with Gasteiger partial charge in [0.2, 0.25) is 0 Å². The number of ether oxygens (including phenoxy) is 1. The lowest BCUT2D eigenvalue weighted by molar-refractivity contribution is 0.151. The highest BCUT2D eigenvalue weighted by Crippen LogP contribution is 2.15. The molecule has 1 N–H and O–H groups in total. The van der Waals surface area contributed by atoms with E-state index in [1.54, 1.807) is 14.0 Å². The number of hydrogen-bond acceptors (Lipinski definition) is 5. The average molecular weight is 234 g/mol. The summed E-state index contributed by atoms with van der Waals surface area (Å²) in [6.07, 6.45) is -0.160. The molecule has 0 amide bonds. The average Bonchev–Trinajstić information content (AvgIpc) is 2.79. The van der Waals surface area contributed by atoms with Crippen molar-refractivity contribution < 1.29 is 14.4 Å². The Hall–Kier alpha value is -1.88. The van der Waals surface area contributed by atoms with Gasteiger partial charge < -0.3 is 14.4 Å². The zero-order valence-electron chi connectivity index (χ0n) is 9.75. The third-order valence-electron chi connectivity index (χ3n) is 2.36. The molecular formula is C12H14N2O3. The van der Waals surface area contributed by atoms with E-state index in [4.69, 9.17) is 9.26 Å². The van der Waals surface area contributed by atoms with Gasteiger partial charge in [-0.05, 0) is 24.6 Å². The molecule has 90 valence electrons. The Morgan fingerprint density at radius 3 is 2.59 bits per heavy atom. The van der Waals surface area contributed by atoms with Crippen LogP contribution in [-0.2, 0) is 6.42 Å². The third kappa shape index (κ3) is 2.82. The molecule has 0 aliphatic rings. The molecule has 0 aliphatic heterocycles. The molecule has 5 heteroatoms. The quantitative estimate of drug-likeness (QED) is 0.872. The van der Waals surface area contributed by atoms with Crippen LogP contribution in [0.4, 0.5) is 0 Å². The lowest BCUT2D eigenvalue weighted by Crippen LogP contribution is -1.94. The van der Waals surface area contributed by atoms with Crippen LogP contribution in [0.25, 0.3) is 0 Å². The molecule has 17 heavy (non-hydrogen) atoms. The van der Waals surface area contributed by atoms with Gasteiger partial charge in [0.15, 0.2) is 5.82 Å². The Morgan fingerprint density at radius 2 is 2.06 bits per heavy atom. The summed E-state index contributed by atoms with van der Waals surface area (Å²) in [7, 11) is 1.63. The van der Waals surface area contributed by atoms with Crippen LogP contribution in [0.15, 0.2) is 28.8 Å². The van der Waals surface area contributed by atoms with Crippen molar-refractivity contribution in [3.8, 4) is 5.75 Å². The lowest BCUT2D eigenvalue weighted by atomic mass is 10.1. The van der Waals surface area contributed by atoms with Gasteiger partial charge >= 0.3 is 0 Å². The minimum absolute atomic E-state index is 0.244. The Morgan fingerprint density at radius 1 is 1.35 bits per heavy atom. The van der Waals surface area contributed by atoms with Crippen molar-refractivity contribution in [1.29, 1.82) is 0 Å². The number of rotatable bonds is 4. The summed E-state index contributed by atoms with van der Waals surface area (Å²) in [4.78, 5) is 4.09. The van der Waals surface area contributed by atoms with E-state index in [1.165, 1.54) is 0 Å². The molecule has 1 atom stereocenters. The van der Waals surface area contributed by atoms with E-state index in [9.17, 15) is 5.11 Å². The minimum Gasteiger partial charge on any atom is -0.497 e. The maximum absolute atomic E-state index is 9.26. The molecule has 0 saturated carbocycles. The van der Waals surface area contributed by atoms with E-state index >= 15 is 0 Å². The molecule has 0 bridgehead atoms. The van der Waals surface area contributed by atoms with Gasteiger partial charge in [-0.25, -0.2) is 0 Å². The van der Waals surface area contributed by atoms with Crippen LogP contribution in [0.2, 0.25) is 0 Å². The number of aromatic nitrogens is 2. The first kappa shape index (κ1) is 11.6. The van der Waals surface area contributed by atoms with E-state index in [0.717, 1.165) is 11.3 Å². The molecule has 0 saturated heterocycles. The molecule has 0 fully saturated rings. The third-order valence-corrected chi connectivity index (χ3v) is 2.36. The summed E-state index contributed by atoms with van der Waals surface area (Å²) in [5.74, 6) is 1.62. The van der Waals surface area contributed by atoms with Gasteiger partial charge in [0.1, 0.15) is 11.9 Å². The van der Waals surface area contributed by atoms with E-state index in [-0.39, 0.29) is 5.89 Å². The fourth-order valence-electron chi connectivity index (χ4n) is 1.43. The molecule has 0 radical (unpaired) electrons. The standard InChI is InChI=1S/C12H14N2O3/c1-8(15)12-13-11(14-17-12)7-9-3-5-10(16-2)6-4-9/h3-6,8,15H,7H2,1-2H3/t8-/m0/s1. The van der Waals surface area contributed by atoms with E-state index < -0.39 is 6.10 Å². The van der Waals surface area contributed by atoms with Crippen molar-refractivity contribution in [3.05, 3.63) is 41.5 Å². The Balaban J connectivity index is 2.08. The van der Waals surface area contributed by atoms with Crippen LogP contribution in [0, 0.1) is 0 Å². The van der Waals surface area contributed by atoms with Crippen LogP contribution in [-0.4, -0.2) is 22.4 Å². The van der Waals surface area contributed by atoms with Gasteiger partial charge in [-0.1, -0.05) is 17.3 Å². The van der Waals surface area contributed by atoms with Crippen LogP contribution in [0.5, 0.6) is 5.75 Å². The van der Waals surface area contributed by atoms with Crippen LogP contribution >= 0.6 is 0 Å². The van der Waals surface area contributed by atoms with Gasteiger partial charge in [-0.15, -0.1) is 0 Å². The maximum Gasteiger partial charge on any atom is 0.255 e. The molecule has 1 heterocycles. The molecule has 1 aromatic heterocycles. The second-order valence-corrected chi connectivity index (χ2v) is 3.75. The summed E-state index contributed by atoms with van der Waals surface area (Å²) in [5.41, 5.74) is 1.06. The van der Waals surface area contributed by atoms with Gasteiger partial charge in [0.05, 0.1) is 7.11 Å². The van der Waals surface area contributed by atoms with Crippen molar-refractivity contribution in [2.75, 3.05) is 7.11 Å². The van der Waals surface area contributed by atoms with Gasteiger partial charge in [0, 0.05) is 6.42 Å². The summed E-state index contributed by atoms with van der Waals surface area (Å²) in [6.45, 7) is 1.59. The predicted molar refractivity (Wildman–Crippen MR) is 60.7 cm³/mol. The van der Waals surface area contributed by atoms with Crippen molar-refractivity contribution in [1.82, 2.24) is 10.1 Å². The predicted octanol–water partition coefficient (Wildman–Crippen LogP) is 1.72. The number of aliphatic hydroxyl groups is 1.